The summed E-state index contributed by atoms with van der Waals surface area (Å²) in [6.07, 6.45) is 1.78. The first-order valence-electron chi connectivity index (χ1n) is 6.37. The topological polar surface area (TPSA) is 75.4 Å². The van der Waals surface area contributed by atoms with E-state index in [0.29, 0.717) is 0 Å². The van der Waals surface area contributed by atoms with Gasteiger partial charge in [-0.1, -0.05) is 30.3 Å². The van der Waals surface area contributed by atoms with Crippen molar-refractivity contribution in [3.05, 3.63) is 42.5 Å². The third-order valence-corrected chi connectivity index (χ3v) is 3.13. The fraction of sp³-hybridized carbons (Fsp3) is 0.267. The van der Waals surface area contributed by atoms with Crippen LogP contribution in [0.25, 0.3) is 10.8 Å². The number of carboxylic acids is 1. The summed E-state index contributed by atoms with van der Waals surface area (Å²) in [6, 6.07) is 13.8. The summed E-state index contributed by atoms with van der Waals surface area (Å²) in [4.78, 5) is 10.1. The second-order valence-corrected chi connectivity index (χ2v) is 4.59. The number of carboxylic acid groups (broad SMARTS) is 1. The zero-order valence-corrected chi connectivity index (χ0v) is 11.9. The summed E-state index contributed by atoms with van der Waals surface area (Å²) in [5, 5.41) is 13.6. The molecule has 0 aliphatic carbocycles. The summed E-state index contributed by atoms with van der Waals surface area (Å²) in [5.74, 6) is -0.720. The first kappa shape index (κ1) is 16.3. The van der Waals surface area contributed by atoms with E-state index in [-0.39, 0.29) is 18.4 Å². The molecule has 1 atom stereocenters. The van der Waals surface area contributed by atoms with Crippen LogP contribution in [0.15, 0.2) is 42.5 Å². The molecule has 2 aromatic rings. The number of hydrogen-bond acceptors (Lipinski definition) is 3. The Balaban J connectivity index is 0.000000200. The predicted octanol–water partition coefficient (Wildman–Crippen LogP) is 2.67. The molecule has 2 aromatic carbocycles. The number of anilines is 1. The Kier molecular flexibility index (Phi) is 6.28. The summed E-state index contributed by atoms with van der Waals surface area (Å²) >= 11 is 0. The molecule has 0 spiro atoms. The average molecular weight is 295 g/mol. The van der Waals surface area contributed by atoms with Gasteiger partial charge >= 0.3 is 5.97 Å². The highest BCUT2D eigenvalue weighted by Gasteiger charge is 2.20. The standard InChI is InChI=1S/C10H9N.C5H9NO2.ClH/c11-10-6-5-8-3-1-2-4-9(8)7-10;7-5(8)4-2-1-3-6-4;/h1-7H,11H2;4,6H,1-3H2,(H,7,8);1H/t;4-;/m.0./s1. The normalized spacial score (nSPS) is 16.9. The third-order valence-electron chi connectivity index (χ3n) is 3.13. The molecule has 1 fully saturated rings. The minimum atomic E-state index is -0.720. The highest BCUT2D eigenvalue weighted by Crippen LogP contribution is 2.15. The Bertz CT molecular complexity index is 569. The first-order chi connectivity index (χ1) is 9.16. The van der Waals surface area contributed by atoms with Crippen LogP contribution in [0.3, 0.4) is 0 Å². The van der Waals surface area contributed by atoms with Crippen molar-refractivity contribution in [2.75, 3.05) is 12.3 Å². The van der Waals surface area contributed by atoms with Crippen molar-refractivity contribution in [1.29, 1.82) is 0 Å². The third kappa shape index (κ3) is 4.40. The van der Waals surface area contributed by atoms with Crippen LogP contribution in [-0.2, 0) is 4.79 Å². The lowest BCUT2D eigenvalue weighted by Gasteiger charge is -1.99. The molecule has 0 amide bonds. The first-order valence-corrected chi connectivity index (χ1v) is 6.37. The molecule has 4 nitrogen and oxygen atoms in total. The van der Waals surface area contributed by atoms with Crippen molar-refractivity contribution < 1.29 is 9.90 Å². The zero-order chi connectivity index (χ0) is 13.7. The lowest BCUT2D eigenvalue weighted by molar-refractivity contribution is -0.139. The molecule has 1 aliphatic rings. The van der Waals surface area contributed by atoms with E-state index in [1.54, 1.807) is 0 Å². The van der Waals surface area contributed by atoms with E-state index in [4.69, 9.17) is 10.8 Å². The summed E-state index contributed by atoms with van der Waals surface area (Å²) in [7, 11) is 0. The molecule has 0 aromatic heterocycles. The Morgan fingerprint density at radius 1 is 1.20 bits per heavy atom. The number of nitrogens with two attached hydrogens (primary N) is 1. The van der Waals surface area contributed by atoms with Gasteiger partial charge in [-0.05, 0) is 42.3 Å². The van der Waals surface area contributed by atoms with Crippen molar-refractivity contribution >= 4 is 34.8 Å². The van der Waals surface area contributed by atoms with Gasteiger partial charge < -0.3 is 16.2 Å². The van der Waals surface area contributed by atoms with E-state index in [2.05, 4.69) is 17.4 Å². The highest BCUT2D eigenvalue weighted by molar-refractivity contribution is 5.85. The van der Waals surface area contributed by atoms with Gasteiger partial charge in [-0.15, -0.1) is 12.4 Å². The summed E-state index contributed by atoms with van der Waals surface area (Å²) in [6.45, 7) is 0.858. The van der Waals surface area contributed by atoms with Gasteiger partial charge in [0.2, 0.25) is 0 Å². The van der Waals surface area contributed by atoms with Crippen molar-refractivity contribution in [2.24, 2.45) is 0 Å². The predicted molar refractivity (Wildman–Crippen MR) is 84.3 cm³/mol. The van der Waals surface area contributed by atoms with Gasteiger partial charge in [0.1, 0.15) is 6.04 Å². The second kappa shape index (κ2) is 7.72. The van der Waals surface area contributed by atoms with Gasteiger partial charge in [0.05, 0.1) is 0 Å². The lowest BCUT2D eigenvalue weighted by Crippen LogP contribution is -2.29. The zero-order valence-electron chi connectivity index (χ0n) is 11.1. The molecule has 0 bridgehead atoms. The van der Waals surface area contributed by atoms with Gasteiger partial charge in [-0.3, -0.25) is 4.79 Å². The molecule has 3 rings (SSSR count). The maximum absolute atomic E-state index is 10.1. The van der Waals surface area contributed by atoms with Crippen LogP contribution in [0, 0.1) is 0 Å². The van der Waals surface area contributed by atoms with E-state index in [9.17, 15) is 4.79 Å². The van der Waals surface area contributed by atoms with Gasteiger partial charge in [-0.25, -0.2) is 0 Å². The Labute approximate surface area is 124 Å². The molecule has 1 heterocycles. The molecule has 1 aliphatic heterocycles. The molecular formula is C15H19ClN2O2. The van der Waals surface area contributed by atoms with E-state index in [1.807, 2.05) is 30.3 Å². The number of rotatable bonds is 1. The van der Waals surface area contributed by atoms with E-state index in [1.165, 1.54) is 10.8 Å². The van der Waals surface area contributed by atoms with Crippen molar-refractivity contribution in [3.8, 4) is 0 Å². The molecule has 5 heteroatoms. The molecule has 0 radical (unpaired) electrons. The minimum Gasteiger partial charge on any atom is -0.480 e. The molecule has 1 saturated heterocycles. The Morgan fingerprint density at radius 3 is 2.45 bits per heavy atom. The number of nitrogens with one attached hydrogen (secondary N) is 1. The van der Waals surface area contributed by atoms with Gasteiger partial charge in [0.25, 0.3) is 0 Å². The average Bonchev–Trinajstić information content (AvgIpc) is 2.93. The maximum Gasteiger partial charge on any atom is 0.320 e. The van der Waals surface area contributed by atoms with Gasteiger partial charge in [0, 0.05) is 5.69 Å². The van der Waals surface area contributed by atoms with Crippen molar-refractivity contribution in [3.63, 3.8) is 0 Å². The summed E-state index contributed by atoms with van der Waals surface area (Å²) in [5.41, 5.74) is 6.45. The lowest BCUT2D eigenvalue weighted by atomic mass is 10.1. The number of aliphatic carboxylic acids is 1. The number of hydrogen-bond donors (Lipinski definition) is 3. The molecule has 108 valence electrons. The molecule has 0 unspecified atom stereocenters. The molecule has 20 heavy (non-hydrogen) atoms. The number of halogens is 1. The van der Waals surface area contributed by atoms with Crippen molar-refractivity contribution in [1.82, 2.24) is 5.32 Å². The molecule has 0 saturated carbocycles. The van der Waals surface area contributed by atoms with Crippen LogP contribution in [0.1, 0.15) is 12.8 Å². The van der Waals surface area contributed by atoms with Gasteiger partial charge in [0.15, 0.2) is 0 Å². The van der Waals surface area contributed by atoms with Crippen LogP contribution < -0.4 is 11.1 Å². The van der Waals surface area contributed by atoms with E-state index in [0.717, 1.165) is 25.1 Å². The fourth-order valence-corrected chi connectivity index (χ4v) is 2.10. The fourth-order valence-electron chi connectivity index (χ4n) is 2.10. The number of fused-ring (bicyclic) bond motifs is 1. The smallest absolute Gasteiger partial charge is 0.320 e. The van der Waals surface area contributed by atoms with Crippen LogP contribution >= 0.6 is 12.4 Å². The maximum atomic E-state index is 10.1. The summed E-state index contributed by atoms with van der Waals surface area (Å²) < 4.78 is 0. The van der Waals surface area contributed by atoms with Crippen LogP contribution in [0.4, 0.5) is 5.69 Å². The largest absolute Gasteiger partial charge is 0.480 e. The number of carbonyl (C=O) groups is 1. The van der Waals surface area contributed by atoms with E-state index < -0.39 is 5.97 Å². The van der Waals surface area contributed by atoms with E-state index >= 15 is 0 Å². The van der Waals surface area contributed by atoms with Crippen LogP contribution in [0.5, 0.6) is 0 Å². The minimum absolute atomic E-state index is 0. The van der Waals surface area contributed by atoms with Gasteiger partial charge in [-0.2, -0.15) is 0 Å². The quantitative estimate of drug-likeness (QED) is 0.707. The number of nitrogen functional groups attached to an aromatic ring is 1. The van der Waals surface area contributed by atoms with Crippen LogP contribution in [-0.4, -0.2) is 23.7 Å². The van der Waals surface area contributed by atoms with Crippen LogP contribution in [0.2, 0.25) is 0 Å². The van der Waals surface area contributed by atoms with Crippen molar-refractivity contribution in [2.45, 2.75) is 18.9 Å². The molecule has 4 N–H and O–H groups in total. The highest BCUT2D eigenvalue weighted by atomic mass is 35.5. The Morgan fingerprint density at radius 2 is 1.90 bits per heavy atom. The number of benzene rings is 2. The Hall–Kier alpha value is -1.78. The molecular weight excluding hydrogens is 276 g/mol. The SMILES string of the molecule is Cl.Nc1ccc2ccccc2c1.O=C(O)[C@@H]1CCCN1. The monoisotopic (exact) mass is 294 g/mol. The second-order valence-electron chi connectivity index (χ2n) is 4.59.